The molecule has 2 aromatic rings. The van der Waals surface area contributed by atoms with Gasteiger partial charge in [-0.2, -0.15) is 5.10 Å². The van der Waals surface area contributed by atoms with Crippen molar-refractivity contribution in [1.29, 1.82) is 0 Å². The van der Waals surface area contributed by atoms with Gasteiger partial charge in [0.25, 0.3) is 0 Å². The zero-order chi connectivity index (χ0) is 10.3. The van der Waals surface area contributed by atoms with E-state index in [9.17, 15) is 0 Å². The minimum Gasteiger partial charge on any atom is -0.289 e. The van der Waals surface area contributed by atoms with Gasteiger partial charge >= 0.3 is 0 Å². The van der Waals surface area contributed by atoms with Crippen LogP contribution in [0.1, 0.15) is 0 Å². The van der Waals surface area contributed by atoms with Crippen molar-refractivity contribution in [1.82, 2.24) is 14.5 Å². The third-order valence-electron chi connectivity index (χ3n) is 2.26. The second-order valence-corrected chi connectivity index (χ2v) is 3.54. The third kappa shape index (κ3) is 1.22. The lowest BCUT2D eigenvalue weighted by Gasteiger charge is -2.15. The molecule has 74 valence electrons. The van der Waals surface area contributed by atoms with Crippen LogP contribution >= 0.6 is 12.2 Å². The van der Waals surface area contributed by atoms with E-state index < -0.39 is 0 Å². The summed E-state index contributed by atoms with van der Waals surface area (Å²) in [6.45, 7) is 0.665. The van der Waals surface area contributed by atoms with Crippen molar-refractivity contribution in [2.75, 3.05) is 5.43 Å². The van der Waals surface area contributed by atoms with E-state index in [2.05, 4.69) is 20.5 Å². The van der Waals surface area contributed by atoms with E-state index in [1.165, 1.54) is 0 Å². The average Bonchev–Trinajstić information content (AvgIpc) is 2.30. The summed E-state index contributed by atoms with van der Waals surface area (Å²) in [7, 11) is 0. The minimum absolute atomic E-state index is 0.550. The lowest BCUT2D eigenvalue weighted by atomic mass is 10.3. The van der Waals surface area contributed by atoms with Crippen LogP contribution in [0.3, 0.4) is 0 Å². The first-order valence-corrected chi connectivity index (χ1v) is 4.90. The normalized spacial score (nSPS) is 13.6. The number of fused-ring (bicyclic) bond motifs is 3. The molecule has 1 aliphatic heterocycles. The van der Waals surface area contributed by atoms with Gasteiger partial charge < -0.3 is 0 Å². The molecule has 0 aliphatic carbocycles. The number of nitrogens with zero attached hydrogens (tertiary/aromatic N) is 4. The van der Waals surface area contributed by atoms with Crippen molar-refractivity contribution in [3.05, 3.63) is 23.0 Å². The molecule has 6 heteroatoms. The monoisotopic (exact) mass is 217 g/mol. The van der Waals surface area contributed by atoms with Crippen LogP contribution in [0.25, 0.3) is 11.0 Å². The highest BCUT2D eigenvalue weighted by atomic mass is 32.1. The van der Waals surface area contributed by atoms with E-state index in [-0.39, 0.29) is 0 Å². The Hall–Kier alpha value is -1.82. The quantitative estimate of drug-likeness (QED) is 0.680. The topological polar surface area (TPSA) is 55.1 Å². The van der Waals surface area contributed by atoms with Crippen LogP contribution in [0.2, 0.25) is 0 Å². The molecule has 1 N–H and O–H groups in total. The SMILES string of the molecule is S=c1nc2n(c3ncccc13)CC=NN2. The summed E-state index contributed by atoms with van der Waals surface area (Å²) >= 11 is 5.18. The first kappa shape index (κ1) is 8.49. The summed E-state index contributed by atoms with van der Waals surface area (Å²) < 4.78 is 2.49. The summed E-state index contributed by atoms with van der Waals surface area (Å²) in [4.78, 5) is 8.56. The van der Waals surface area contributed by atoms with Crippen LogP contribution in [0, 0.1) is 4.64 Å². The fourth-order valence-corrected chi connectivity index (χ4v) is 1.83. The maximum absolute atomic E-state index is 5.18. The smallest absolute Gasteiger partial charge is 0.226 e. The van der Waals surface area contributed by atoms with Crippen LogP contribution in [-0.4, -0.2) is 20.7 Å². The number of hydrogen-bond acceptors (Lipinski definition) is 5. The second-order valence-electron chi connectivity index (χ2n) is 3.15. The molecule has 3 heterocycles. The lowest BCUT2D eigenvalue weighted by molar-refractivity contribution is 0.827. The molecule has 0 fully saturated rings. The molecule has 0 unspecified atom stereocenters. The Morgan fingerprint density at radius 2 is 2.40 bits per heavy atom. The molecule has 0 radical (unpaired) electrons. The van der Waals surface area contributed by atoms with Crippen molar-refractivity contribution in [2.45, 2.75) is 6.54 Å². The number of nitrogens with one attached hydrogen (secondary N) is 1. The van der Waals surface area contributed by atoms with Crippen LogP contribution in [-0.2, 0) is 6.54 Å². The minimum atomic E-state index is 0.550. The Bertz CT molecular complexity index is 615. The molecule has 0 saturated carbocycles. The molecule has 1 aliphatic rings. The predicted octanol–water partition coefficient (Wildman–Crippen LogP) is 1.57. The number of hydrogen-bond donors (Lipinski definition) is 1. The van der Waals surface area contributed by atoms with E-state index in [0.29, 0.717) is 17.1 Å². The van der Waals surface area contributed by atoms with E-state index >= 15 is 0 Å². The Morgan fingerprint density at radius 3 is 3.33 bits per heavy atom. The Balaban J connectivity index is 2.47. The summed E-state index contributed by atoms with van der Waals surface area (Å²) in [6.07, 6.45) is 3.52. The highest BCUT2D eigenvalue weighted by molar-refractivity contribution is 7.71. The van der Waals surface area contributed by atoms with Crippen molar-refractivity contribution in [3.63, 3.8) is 0 Å². The molecule has 0 atom stereocenters. The lowest BCUT2D eigenvalue weighted by Crippen LogP contribution is -2.15. The van der Waals surface area contributed by atoms with Crippen LogP contribution < -0.4 is 5.43 Å². The molecular formula is C9H7N5S. The largest absolute Gasteiger partial charge is 0.289 e. The van der Waals surface area contributed by atoms with Crippen LogP contribution in [0.15, 0.2) is 23.4 Å². The second kappa shape index (κ2) is 3.09. The number of hydrazone groups is 1. The maximum Gasteiger partial charge on any atom is 0.226 e. The zero-order valence-electron chi connectivity index (χ0n) is 7.71. The fraction of sp³-hybridized carbons (Fsp3) is 0.111. The van der Waals surface area contributed by atoms with Crippen molar-refractivity contribution in [3.8, 4) is 0 Å². The molecule has 0 spiro atoms. The highest BCUT2D eigenvalue weighted by Crippen LogP contribution is 2.17. The summed E-state index contributed by atoms with van der Waals surface area (Å²) in [5.74, 6) is 0.647. The van der Waals surface area contributed by atoms with Crippen molar-refractivity contribution < 1.29 is 0 Å². The average molecular weight is 217 g/mol. The Labute approximate surface area is 90.5 Å². The van der Waals surface area contributed by atoms with Gasteiger partial charge in [-0.25, -0.2) is 15.4 Å². The molecule has 15 heavy (non-hydrogen) atoms. The molecular weight excluding hydrogens is 210 g/mol. The summed E-state index contributed by atoms with van der Waals surface area (Å²) in [5.41, 5.74) is 3.65. The van der Waals surface area contributed by atoms with Gasteiger partial charge in [-0.15, -0.1) is 0 Å². The van der Waals surface area contributed by atoms with E-state index in [1.807, 2.05) is 16.7 Å². The van der Waals surface area contributed by atoms with Gasteiger partial charge in [-0.05, 0) is 12.1 Å². The van der Waals surface area contributed by atoms with Crippen LogP contribution in [0.5, 0.6) is 0 Å². The Kier molecular flexibility index (Phi) is 1.75. The molecule has 0 bridgehead atoms. The fourth-order valence-electron chi connectivity index (χ4n) is 1.58. The molecule has 0 saturated heterocycles. The summed E-state index contributed by atoms with van der Waals surface area (Å²) in [6, 6.07) is 3.79. The Morgan fingerprint density at radius 1 is 1.47 bits per heavy atom. The van der Waals surface area contributed by atoms with E-state index in [0.717, 1.165) is 11.0 Å². The van der Waals surface area contributed by atoms with E-state index in [4.69, 9.17) is 12.2 Å². The van der Waals surface area contributed by atoms with Gasteiger partial charge in [-0.3, -0.25) is 4.57 Å². The highest BCUT2D eigenvalue weighted by Gasteiger charge is 2.10. The van der Waals surface area contributed by atoms with Gasteiger partial charge in [0.2, 0.25) is 5.95 Å². The molecule has 0 aromatic carbocycles. The molecule has 0 amide bonds. The van der Waals surface area contributed by atoms with Crippen molar-refractivity contribution >= 4 is 35.4 Å². The zero-order valence-corrected chi connectivity index (χ0v) is 8.53. The first-order chi connectivity index (χ1) is 7.36. The van der Waals surface area contributed by atoms with E-state index in [1.54, 1.807) is 12.4 Å². The molecule has 3 rings (SSSR count). The third-order valence-corrected chi connectivity index (χ3v) is 2.57. The maximum atomic E-state index is 5.18. The van der Waals surface area contributed by atoms with Gasteiger partial charge in [-0.1, -0.05) is 12.2 Å². The van der Waals surface area contributed by atoms with Gasteiger partial charge in [0.15, 0.2) is 0 Å². The number of anilines is 1. The number of rotatable bonds is 0. The van der Waals surface area contributed by atoms with Crippen LogP contribution in [0.4, 0.5) is 5.95 Å². The summed E-state index contributed by atoms with van der Waals surface area (Å²) in [5, 5.41) is 4.83. The molecule has 5 nitrogen and oxygen atoms in total. The molecule has 2 aromatic heterocycles. The predicted molar refractivity (Wildman–Crippen MR) is 60.5 cm³/mol. The number of aromatic nitrogens is 3. The van der Waals surface area contributed by atoms with Gasteiger partial charge in [0.1, 0.15) is 10.3 Å². The number of pyridine rings is 1. The van der Waals surface area contributed by atoms with Gasteiger partial charge in [0.05, 0.1) is 11.9 Å². The van der Waals surface area contributed by atoms with Gasteiger partial charge in [0, 0.05) is 12.4 Å². The first-order valence-electron chi connectivity index (χ1n) is 4.49. The van der Waals surface area contributed by atoms with Crippen molar-refractivity contribution in [2.24, 2.45) is 5.10 Å². The standard InChI is InChI=1S/C9H7N5S/c15-8-6-2-1-3-10-7(6)14-5-4-11-13-9(14)12-8/h1-4H,5H2,(H,12,13,15).